The number of benzene rings is 1. The van der Waals surface area contributed by atoms with Crippen LogP contribution in [0.1, 0.15) is 116 Å². The maximum absolute atomic E-state index is 14.8. The molecule has 57 heavy (non-hydrogen) atoms. The average molecular weight is 811 g/mol. The summed E-state index contributed by atoms with van der Waals surface area (Å²) in [6, 6.07) is 4.59. The van der Waals surface area contributed by atoms with E-state index in [1.165, 1.54) is 11.1 Å². The molecule has 13 nitrogen and oxygen atoms in total. The third-order valence-electron chi connectivity index (χ3n) is 10.8. The topological polar surface area (TPSA) is 159 Å². The first kappa shape index (κ1) is 44.5. The number of nitrogens with zero attached hydrogens (tertiary/aromatic N) is 1. The molecular formula is C41H57F3N2O11. The van der Waals surface area contributed by atoms with Gasteiger partial charge >= 0.3 is 24.1 Å². The summed E-state index contributed by atoms with van der Waals surface area (Å²) in [5.74, 6) is -3.80. The van der Waals surface area contributed by atoms with E-state index in [2.05, 4.69) is 23.9 Å². The number of hydroxylamine groups is 2. The Hall–Kier alpha value is -3.57. The Morgan fingerprint density at radius 3 is 2.26 bits per heavy atom. The van der Waals surface area contributed by atoms with Gasteiger partial charge in [0.2, 0.25) is 5.91 Å². The van der Waals surface area contributed by atoms with Crippen LogP contribution in [-0.2, 0) is 54.2 Å². The van der Waals surface area contributed by atoms with Crippen molar-refractivity contribution in [3.63, 3.8) is 0 Å². The number of rotatable bonds is 19. The van der Waals surface area contributed by atoms with Crippen LogP contribution >= 0.6 is 0 Å². The number of nitrogens with one attached hydrogen (secondary N) is 1. The third kappa shape index (κ3) is 10.9. The highest BCUT2D eigenvalue weighted by Crippen LogP contribution is 2.58. The first-order valence-corrected chi connectivity index (χ1v) is 20.1. The fourth-order valence-corrected chi connectivity index (χ4v) is 8.19. The van der Waals surface area contributed by atoms with Crippen molar-refractivity contribution in [1.82, 2.24) is 10.4 Å². The molecule has 7 unspecified atom stereocenters. The molecule has 1 saturated carbocycles. The molecular weight excluding hydrogens is 753 g/mol. The highest BCUT2D eigenvalue weighted by Gasteiger charge is 2.76. The van der Waals surface area contributed by atoms with Crippen molar-refractivity contribution in [2.24, 2.45) is 5.41 Å². The fourth-order valence-electron chi connectivity index (χ4n) is 8.19. The molecule has 2 bridgehead atoms. The lowest BCUT2D eigenvalue weighted by atomic mass is 9.62. The van der Waals surface area contributed by atoms with Crippen LogP contribution in [0, 0.1) is 5.41 Å². The number of aliphatic hydroxyl groups excluding tert-OH is 1. The summed E-state index contributed by atoms with van der Waals surface area (Å²) < 4.78 is 66.7. The highest BCUT2D eigenvalue weighted by molar-refractivity contribution is 5.94. The second kappa shape index (κ2) is 18.6. The molecule has 3 aliphatic heterocycles. The van der Waals surface area contributed by atoms with E-state index in [1.54, 1.807) is 45.0 Å². The van der Waals surface area contributed by atoms with Crippen molar-refractivity contribution in [2.75, 3.05) is 13.2 Å². The van der Waals surface area contributed by atoms with Gasteiger partial charge in [0, 0.05) is 31.8 Å². The number of hydrogen-bond acceptors (Lipinski definition) is 12. The molecule has 4 fully saturated rings. The van der Waals surface area contributed by atoms with Crippen molar-refractivity contribution in [1.29, 1.82) is 0 Å². The number of hydrogen-bond donors (Lipinski definition) is 2. The number of alkyl halides is 3. The van der Waals surface area contributed by atoms with Crippen LogP contribution in [0.25, 0.3) is 6.08 Å². The minimum Gasteiger partial charge on any atom is -0.460 e. The molecule has 4 aliphatic rings. The number of ether oxygens (including phenoxy) is 5. The minimum absolute atomic E-state index is 0.0199. The summed E-state index contributed by atoms with van der Waals surface area (Å²) in [6.07, 6.45) is 1.28. The molecule has 2 N–H and O–H groups in total. The molecule has 0 radical (unpaired) electrons. The van der Waals surface area contributed by atoms with Crippen molar-refractivity contribution in [3.8, 4) is 0 Å². The molecule has 7 atom stereocenters. The lowest BCUT2D eigenvalue weighted by Crippen LogP contribution is -2.70. The van der Waals surface area contributed by atoms with Crippen LogP contribution in [0.15, 0.2) is 30.3 Å². The number of carbonyl (C=O) groups is 4. The zero-order valence-corrected chi connectivity index (χ0v) is 33.4. The number of amides is 1. The van der Waals surface area contributed by atoms with Crippen LogP contribution in [-0.4, -0.2) is 101 Å². The second-order valence-electron chi connectivity index (χ2n) is 16.5. The van der Waals surface area contributed by atoms with Crippen LogP contribution < -0.4 is 5.32 Å². The monoisotopic (exact) mass is 810 g/mol. The first-order valence-electron chi connectivity index (χ1n) is 20.1. The van der Waals surface area contributed by atoms with E-state index in [-0.39, 0.29) is 25.8 Å². The lowest BCUT2D eigenvalue weighted by molar-refractivity contribution is -0.224. The zero-order valence-electron chi connectivity index (χ0n) is 33.4. The second-order valence-corrected chi connectivity index (χ2v) is 16.5. The molecule has 1 aromatic rings. The molecule has 1 aliphatic carbocycles. The van der Waals surface area contributed by atoms with Gasteiger partial charge in [-0.25, -0.2) is 4.79 Å². The quantitative estimate of drug-likeness (QED) is 0.0745. The Bertz CT molecular complexity index is 1590. The normalized spacial score (nSPS) is 27.2. The van der Waals surface area contributed by atoms with Crippen molar-refractivity contribution in [2.45, 2.75) is 166 Å². The molecule has 0 spiro atoms. The molecule has 3 heterocycles. The molecule has 3 saturated heterocycles. The highest BCUT2D eigenvalue weighted by atomic mass is 19.4. The fraction of sp³-hybridized carbons (Fsp3) is 0.707. The standard InChI is InChI=1S/C41H57F3N2O11/c1-6-8-10-20-39(21-11-9-7-2)55-32-29-22-40(37(51)45-28(24-47)17-19-31(49)54-38(3,4)5)34(36(50)53-29)46(57-35(40)33(32)56-39)23-27-14-12-26(13-15-27)16-18-30(48)52-25-41(42,43)44/h12-16,18,28-29,32-35,47H,6-11,17,19-25H2,1-5H3,(H,45,51). The molecule has 0 aromatic heterocycles. The molecule has 5 rings (SSSR count). The lowest BCUT2D eigenvalue weighted by Gasteiger charge is -2.49. The number of aliphatic hydroxyl groups is 1. The van der Waals surface area contributed by atoms with Crippen molar-refractivity contribution < 1.29 is 66.0 Å². The summed E-state index contributed by atoms with van der Waals surface area (Å²) in [4.78, 5) is 59.8. The summed E-state index contributed by atoms with van der Waals surface area (Å²) in [5, 5.41) is 14.7. The summed E-state index contributed by atoms with van der Waals surface area (Å²) >= 11 is 0. The van der Waals surface area contributed by atoms with Gasteiger partial charge in [0.1, 0.15) is 35.4 Å². The van der Waals surface area contributed by atoms with Gasteiger partial charge < -0.3 is 34.1 Å². The van der Waals surface area contributed by atoms with Crippen LogP contribution in [0.3, 0.4) is 0 Å². The van der Waals surface area contributed by atoms with E-state index in [9.17, 15) is 37.5 Å². The van der Waals surface area contributed by atoms with E-state index in [4.69, 9.17) is 23.8 Å². The van der Waals surface area contributed by atoms with Crippen LogP contribution in [0.5, 0.6) is 0 Å². The molecule has 318 valence electrons. The Kier molecular flexibility index (Phi) is 14.5. The smallest absolute Gasteiger partial charge is 0.422 e. The Labute approximate surface area is 331 Å². The van der Waals surface area contributed by atoms with E-state index < -0.39 is 96.5 Å². The predicted octanol–water partition coefficient (Wildman–Crippen LogP) is 5.85. The number of carbonyl (C=O) groups excluding carboxylic acids is 4. The number of fused-ring (bicyclic) bond motifs is 4. The summed E-state index contributed by atoms with van der Waals surface area (Å²) in [7, 11) is 0. The van der Waals surface area contributed by atoms with E-state index in [1.807, 2.05) is 0 Å². The molecule has 16 heteroatoms. The largest absolute Gasteiger partial charge is 0.460 e. The third-order valence-corrected chi connectivity index (χ3v) is 10.8. The van der Waals surface area contributed by atoms with Gasteiger partial charge in [0.25, 0.3) is 0 Å². The van der Waals surface area contributed by atoms with E-state index in [0.29, 0.717) is 24.0 Å². The average Bonchev–Trinajstić information content (AvgIpc) is 3.69. The molecule has 1 aromatic carbocycles. The van der Waals surface area contributed by atoms with Crippen LogP contribution in [0.2, 0.25) is 0 Å². The van der Waals surface area contributed by atoms with E-state index >= 15 is 0 Å². The maximum atomic E-state index is 14.8. The van der Waals surface area contributed by atoms with Gasteiger partial charge in [-0.05, 0) is 57.2 Å². The minimum atomic E-state index is -4.64. The number of halogens is 3. The SMILES string of the molecule is CCCCCC1(CCCCC)OC2C3CC4(C(=O)NC(CO)CCC(=O)OC(C)(C)C)C(ON(Cc5ccc(C=CC(=O)OCC(F)(F)F)cc5)C4C(=O)O3)C2O1. The van der Waals surface area contributed by atoms with Gasteiger partial charge in [0.05, 0.1) is 19.2 Å². The Morgan fingerprint density at radius 1 is 1.02 bits per heavy atom. The predicted molar refractivity (Wildman–Crippen MR) is 198 cm³/mol. The van der Waals surface area contributed by atoms with Gasteiger partial charge in [-0.1, -0.05) is 63.8 Å². The van der Waals surface area contributed by atoms with Gasteiger partial charge in [-0.15, -0.1) is 0 Å². The number of unbranched alkanes of at least 4 members (excludes halogenated alkanes) is 4. The van der Waals surface area contributed by atoms with Crippen molar-refractivity contribution >= 4 is 29.9 Å². The van der Waals surface area contributed by atoms with Gasteiger partial charge in [0.15, 0.2) is 18.4 Å². The Balaban J connectivity index is 1.42. The summed E-state index contributed by atoms with van der Waals surface area (Å²) in [5.41, 5.74) is -1.08. The maximum Gasteiger partial charge on any atom is 0.422 e. The van der Waals surface area contributed by atoms with Crippen LogP contribution in [0.4, 0.5) is 13.2 Å². The van der Waals surface area contributed by atoms with E-state index in [0.717, 1.165) is 44.6 Å². The molecule has 1 amide bonds. The van der Waals surface area contributed by atoms with Gasteiger partial charge in [-0.3, -0.25) is 19.2 Å². The van der Waals surface area contributed by atoms with Gasteiger partial charge in [-0.2, -0.15) is 18.2 Å². The van der Waals surface area contributed by atoms with Crippen molar-refractivity contribution in [3.05, 3.63) is 41.5 Å². The zero-order chi connectivity index (χ0) is 41.6. The first-order chi connectivity index (χ1) is 26.9. The number of esters is 3. The summed E-state index contributed by atoms with van der Waals surface area (Å²) in [6.45, 7) is 7.33. The Morgan fingerprint density at radius 2 is 1.67 bits per heavy atom.